The summed E-state index contributed by atoms with van der Waals surface area (Å²) in [4.78, 5) is 6.72. The van der Waals surface area contributed by atoms with E-state index in [4.69, 9.17) is 5.73 Å². The minimum absolute atomic E-state index is 0.231. The third kappa shape index (κ3) is 1.73. The first-order valence-corrected chi connectivity index (χ1v) is 6.33. The lowest BCUT2D eigenvalue weighted by atomic mass is 10.0. The molecule has 96 valence electrons. The molecule has 2 aromatic heterocycles. The zero-order chi connectivity index (χ0) is 12.7. The summed E-state index contributed by atoms with van der Waals surface area (Å²) < 4.78 is 1.97. The highest BCUT2D eigenvalue weighted by Crippen LogP contribution is 2.26. The maximum atomic E-state index is 5.97. The molecule has 1 saturated heterocycles. The molecule has 0 aromatic carbocycles. The highest BCUT2D eigenvalue weighted by Gasteiger charge is 2.27. The van der Waals surface area contributed by atoms with Crippen LogP contribution in [-0.4, -0.2) is 38.7 Å². The van der Waals surface area contributed by atoms with Gasteiger partial charge in [-0.2, -0.15) is 0 Å². The van der Waals surface area contributed by atoms with E-state index in [0.29, 0.717) is 5.92 Å². The number of rotatable bonds is 2. The van der Waals surface area contributed by atoms with Crippen molar-refractivity contribution in [3.05, 3.63) is 18.2 Å². The van der Waals surface area contributed by atoms with Gasteiger partial charge in [-0.25, -0.2) is 4.98 Å². The molecule has 2 aromatic rings. The Kier molecular flexibility index (Phi) is 2.66. The molecular formula is C12H18N6. The van der Waals surface area contributed by atoms with Gasteiger partial charge in [-0.15, -0.1) is 10.2 Å². The van der Waals surface area contributed by atoms with E-state index in [1.807, 2.05) is 17.5 Å². The van der Waals surface area contributed by atoms with Crippen LogP contribution in [0.4, 0.5) is 5.82 Å². The lowest BCUT2D eigenvalue weighted by Gasteiger charge is -2.19. The van der Waals surface area contributed by atoms with Crippen molar-refractivity contribution in [1.29, 1.82) is 0 Å². The van der Waals surface area contributed by atoms with E-state index in [1.165, 1.54) is 0 Å². The van der Waals surface area contributed by atoms with Crippen LogP contribution in [0.2, 0.25) is 0 Å². The zero-order valence-electron chi connectivity index (χ0n) is 10.7. The summed E-state index contributed by atoms with van der Waals surface area (Å²) >= 11 is 0. The van der Waals surface area contributed by atoms with Gasteiger partial charge < -0.3 is 10.6 Å². The third-order valence-corrected chi connectivity index (χ3v) is 3.75. The molecule has 0 aliphatic carbocycles. The van der Waals surface area contributed by atoms with Gasteiger partial charge >= 0.3 is 0 Å². The van der Waals surface area contributed by atoms with Gasteiger partial charge in [0, 0.05) is 31.5 Å². The number of nitrogens with two attached hydrogens (primary N) is 1. The second-order valence-electron chi connectivity index (χ2n) is 5.05. The van der Waals surface area contributed by atoms with E-state index in [-0.39, 0.29) is 6.04 Å². The number of aryl methyl sites for hydroxylation is 1. The lowest BCUT2D eigenvalue weighted by Crippen LogP contribution is -2.30. The van der Waals surface area contributed by atoms with E-state index in [0.717, 1.165) is 36.8 Å². The van der Waals surface area contributed by atoms with E-state index in [2.05, 4.69) is 27.0 Å². The fourth-order valence-corrected chi connectivity index (χ4v) is 2.56. The van der Waals surface area contributed by atoms with E-state index >= 15 is 0 Å². The largest absolute Gasteiger partial charge is 0.353 e. The number of nitrogens with zero attached hydrogens (tertiary/aromatic N) is 5. The van der Waals surface area contributed by atoms with Crippen LogP contribution in [0.15, 0.2) is 12.4 Å². The first-order valence-electron chi connectivity index (χ1n) is 6.33. The van der Waals surface area contributed by atoms with Crippen LogP contribution in [0.25, 0.3) is 5.65 Å². The van der Waals surface area contributed by atoms with Crippen molar-refractivity contribution in [3.63, 3.8) is 0 Å². The average Bonchev–Trinajstić information content (AvgIpc) is 2.97. The summed E-state index contributed by atoms with van der Waals surface area (Å²) in [6.45, 7) is 5.96. The maximum absolute atomic E-state index is 5.97. The zero-order valence-corrected chi connectivity index (χ0v) is 10.7. The van der Waals surface area contributed by atoms with Gasteiger partial charge in [0.1, 0.15) is 5.82 Å². The SMILES string of the molecule is Cc1nnc2c(N3CCC(C(C)N)C3)nccn12. The summed E-state index contributed by atoms with van der Waals surface area (Å²) in [5.41, 5.74) is 6.81. The highest BCUT2D eigenvalue weighted by molar-refractivity contribution is 5.64. The fourth-order valence-electron chi connectivity index (χ4n) is 2.56. The second-order valence-corrected chi connectivity index (χ2v) is 5.05. The summed E-state index contributed by atoms with van der Waals surface area (Å²) in [7, 11) is 0. The Labute approximate surface area is 106 Å². The van der Waals surface area contributed by atoms with Crippen molar-refractivity contribution in [3.8, 4) is 0 Å². The van der Waals surface area contributed by atoms with Crippen LogP contribution >= 0.6 is 0 Å². The summed E-state index contributed by atoms with van der Waals surface area (Å²) in [6, 6.07) is 0.231. The Morgan fingerprint density at radius 1 is 1.44 bits per heavy atom. The molecule has 2 unspecified atom stereocenters. The first-order chi connectivity index (χ1) is 8.66. The molecule has 6 heteroatoms. The molecule has 2 N–H and O–H groups in total. The molecule has 3 heterocycles. The molecule has 1 aliphatic rings. The van der Waals surface area contributed by atoms with Crippen molar-refractivity contribution in [2.45, 2.75) is 26.3 Å². The molecule has 2 atom stereocenters. The number of hydrogen-bond donors (Lipinski definition) is 1. The summed E-state index contributed by atoms with van der Waals surface area (Å²) in [6.07, 6.45) is 4.82. The summed E-state index contributed by atoms with van der Waals surface area (Å²) in [5, 5.41) is 8.31. The fraction of sp³-hybridized carbons (Fsp3) is 0.583. The van der Waals surface area contributed by atoms with Crippen molar-refractivity contribution < 1.29 is 0 Å². The molecule has 1 fully saturated rings. The van der Waals surface area contributed by atoms with E-state index < -0.39 is 0 Å². The van der Waals surface area contributed by atoms with Gasteiger partial charge in [0.2, 0.25) is 5.65 Å². The smallest absolute Gasteiger partial charge is 0.203 e. The van der Waals surface area contributed by atoms with Gasteiger partial charge in [-0.1, -0.05) is 0 Å². The third-order valence-electron chi connectivity index (χ3n) is 3.75. The first kappa shape index (κ1) is 11.4. The minimum Gasteiger partial charge on any atom is -0.353 e. The van der Waals surface area contributed by atoms with E-state index in [9.17, 15) is 0 Å². The number of aromatic nitrogens is 4. The second kappa shape index (κ2) is 4.20. The van der Waals surface area contributed by atoms with Crippen LogP contribution in [0.5, 0.6) is 0 Å². The molecule has 0 bridgehead atoms. The maximum Gasteiger partial charge on any atom is 0.203 e. The Balaban J connectivity index is 1.96. The molecular weight excluding hydrogens is 228 g/mol. The van der Waals surface area contributed by atoms with Gasteiger partial charge in [0.25, 0.3) is 0 Å². The molecule has 0 amide bonds. The number of fused-ring (bicyclic) bond motifs is 1. The normalized spacial score (nSPS) is 21.7. The van der Waals surface area contributed by atoms with Gasteiger partial charge in [-0.05, 0) is 26.2 Å². The monoisotopic (exact) mass is 246 g/mol. The lowest BCUT2D eigenvalue weighted by molar-refractivity contribution is 0.488. The molecule has 1 aliphatic heterocycles. The molecule has 0 saturated carbocycles. The van der Waals surface area contributed by atoms with Gasteiger partial charge in [0.05, 0.1) is 0 Å². The van der Waals surface area contributed by atoms with Crippen LogP contribution in [0.3, 0.4) is 0 Å². The minimum atomic E-state index is 0.231. The molecule has 0 radical (unpaired) electrons. The van der Waals surface area contributed by atoms with Crippen LogP contribution < -0.4 is 10.6 Å². The van der Waals surface area contributed by atoms with Crippen molar-refractivity contribution in [1.82, 2.24) is 19.6 Å². The Morgan fingerprint density at radius 2 is 2.28 bits per heavy atom. The van der Waals surface area contributed by atoms with Crippen molar-refractivity contribution in [2.75, 3.05) is 18.0 Å². The predicted molar refractivity (Wildman–Crippen MR) is 69.5 cm³/mol. The van der Waals surface area contributed by atoms with Crippen LogP contribution in [0, 0.1) is 12.8 Å². The van der Waals surface area contributed by atoms with Crippen molar-refractivity contribution >= 4 is 11.5 Å². The summed E-state index contributed by atoms with van der Waals surface area (Å²) in [5.74, 6) is 2.34. The Morgan fingerprint density at radius 3 is 3.00 bits per heavy atom. The van der Waals surface area contributed by atoms with Crippen molar-refractivity contribution in [2.24, 2.45) is 11.7 Å². The number of anilines is 1. The predicted octanol–water partition coefficient (Wildman–Crippen LogP) is 0.606. The van der Waals surface area contributed by atoms with Gasteiger partial charge in [-0.3, -0.25) is 4.40 Å². The standard InChI is InChI=1S/C12H18N6/c1-8(13)10-3-5-17(7-10)11-12-16-15-9(2)18(12)6-4-14-11/h4,6,8,10H,3,5,7,13H2,1-2H3. The molecule has 6 nitrogen and oxygen atoms in total. The average molecular weight is 246 g/mol. The van der Waals surface area contributed by atoms with Gasteiger partial charge in [0.15, 0.2) is 5.82 Å². The topological polar surface area (TPSA) is 72.3 Å². The van der Waals surface area contributed by atoms with Crippen LogP contribution in [0.1, 0.15) is 19.2 Å². The Bertz CT molecular complexity index is 561. The molecule has 3 rings (SSSR count). The molecule has 0 spiro atoms. The van der Waals surface area contributed by atoms with E-state index in [1.54, 1.807) is 6.20 Å². The number of hydrogen-bond acceptors (Lipinski definition) is 5. The molecule has 18 heavy (non-hydrogen) atoms. The highest BCUT2D eigenvalue weighted by atomic mass is 15.3. The quantitative estimate of drug-likeness (QED) is 0.840. The Hall–Kier alpha value is -1.69. The van der Waals surface area contributed by atoms with Crippen LogP contribution in [-0.2, 0) is 0 Å².